The van der Waals surface area contributed by atoms with Crippen LogP contribution in [0.1, 0.15) is 56.7 Å². The lowest BCUT2D eigenvalue weighted by molar-refractivity contribution is -0.128. The molecule has 1 aliphatic carbocycles. The van der Waals surface area contributed by atoms with Gasteiger partial charge in [-0.2, -0.15) is 0 Å². The molecule has 1 aliphatic heterocycles. The number of nitrogens with two attached hydrogens (primary N) is 1. The molecule has 132 valence electrons. The second-order valence-corrected chi connectivity index (χ2v) is 7.51. The fraction of sp³-hybridized carbons (Fsp3) is 0.750. The van der Waals surface area contributed by atoms with Crippen molar-refractivity contribution >= 4 is 23.6 Å². The Labute approximate surface area is 146 Å². The summed E-state index contributed by atoms with van der Waals surface area (Å²) in [5.41, 5.74) is 5.27. The van der Waals surface area contributed by atoms with Crippen molar-refractivity contribution < 1.29 is 9.59 Å². The first-order chi connectivity index (χ1) is 11.6. The zero-order valence-corrected chi connectivity index (χ0v) is 14.8. The Morgan fingerprint density at radius 1 is 1.12 bits per heavy atom. The average molecular weight is 351 g/mol. The topological polar surface area (TPSA) is 94.1 Å². The first kappa shape index (κ1) is 17.3. The molecule has 2 N–H and O–H groups in total. The number of carbonyl (C=O) groups is 2. The van der Waals surface area contributed by atoms with Crippen LogP contribution < -0.4 is 5.73 Å². The molecule has 24 heavy (non-hydrogen) atoms. The first-order valence-corrected chi connectivity index (χ1v) is 9.75. The number of amides is 2. The van der Waals surface area contributed by atoms with E-state index in [0.29, 0.717) is 18.2 Å². The van der Waals surface area contributed by atoms with Crippen LogP contribution in [0.3, 0.4) is 0 Å². The van der Waals surface area contributed by atoms with Gasteiger partial charge in [0.2, 0.25) is 11.8 Å². The van der Waals surface area contributed by atoms with Crippen molar-refractivity contribution in [2.45, 2.75) is 62.6 Å². The third-order valence-corrected chi connectivity index (χ3v) is 5.50. The van der Waals surface area contributed by atoms with Crippen LogP contribution in [0, 0.1) is 0 Å². The van der Waals surface area contributed by atoms with E-state index < -0.39 is 0 Å². The quantitative estimate of drug-likeness (QED) is 0.752. The second-order valence-electron chi connectivity index (χ2n) is 6.57. The summed E-state index contributed by atoms with van der Waals surface area (Å²) in [6.07, 6.45) is 7.11. The van der Waals surface area contributed by atoms with E-state index in [-0.39, 0.29) is 18.2 Å². The molecule has 0 unspecified atom stereocenters. The molecule has 1 aromatic heterocycles. The second kappa shape index (κ2) is 8.00. The van der Waals surface area contributed by atoms with Crippen LogP contribution in [-0.4, -0.2) is 50.3 Å². The van der Waals surface area contributed by atoms with Crippen molar-refractivity contribution in [3.63, 3.8) is 0 Å². The average Bonchev–Trinajstić information content (AvgIpc) is 3.36. The highest BCUT2D eigenvalue weighted by Crippen LogP contribution is 2.40. The van der Waals surface area contributed by atoms with Crippen molar-refractivity contribution in [1.82, 2.24) is 19.7 Å². The Morgan fingerprint density at radius 3 is 2.46 bits per heavy atom. The predicted molar refractivity (Wildman–Crippen MR) is 91.6 cm³/mol. The Bertz CT molecular complexity index is 591. The number of rotatable bonds is 7. The maximum atomic E-state index is 12.4. The lowest BCUT2D eigenvalue weighted by atomic mass is 10.2. The van der Waals surface area contributed by atoms with Gasteiger partial charge in [0.25, 0.3) is 0 Å². The van der Waals surface area contributed by atoms with Gasteiger partial charge in [-0.25, -0.2) is 0 Å². The van der Waals surface area contributed by atoms with Crippen molar-refractivity contribution in [1.29, 1.82) is 0 Å². The largest absolute Gasteiger partial charge is 0.370 e. The van der Waals surface area contributed by atoms with Gasteiger partial charge in [-0.3, -0.25) is 9.59 Å². The van der Waals surface area contributed by atoms with Gasteiger partial charge >= 0.3 is 0 Å². The summed E-state index contributed by atoms with van der Waals surface area (Å²) in [4.78, 5) is 25.5. The smallest absolute Gasteiger partial charge is 0.233 e. The molecule has 0 radical (unpaired) electrons. The SMILES string of the molecule is NC(=O)CCn1c(SCC(=O)N2CCCCCC2)nnc1C1CC1. The molecule has 2 aliphatic rings. The maximum absolute atomic E-state index is 12.4. The van der Waals surface area contributed by atoms with Gasteiger partial charge in [-0.1, -0.05) is 24.6 Å². The number of likely N-dealkylation sites (tertiary alicyclic amines) is 1. The highest BCUT2D eigenvalue weighted by atomic mass is 32.2. The Morgan fingerprint density at radius 2 is 1.83 bits per heavy atom. The van der Waals surface area contributed by atoms with E-state index in [1.165, 1.54) is 24.6 Å². The normalized spacial score (nSPS) is 18.4. The molecule has 2 fully saturated rings. The van der Waals surface area contributed by atoms with E-state index in [9.17, 15) is 9.59 Å². The molecule has 0 spiro atoms. The van der Waals surface area contributed by atoms with Gasteiger partial charge in [0.05, 0.1) is 5.75 Å². The van der Waals surface area contributed by atoms with Crippen molar-refractivity contribution in [2.24, 2.45) is 5.73 Å². The van der Waals surface area contributed by atoms with Gasteiger partial charge in [0.15, 0.2) is 5.16 Å². The van der Waals surface area contributed by atoms with Gasteiger partial charge in [0, 0.05) is 32.0 Å². The Kier molecular flexibility index (Phi) is 5.76. The monoisotopic (exact) mass is 351 g/mol. The van der Waals surface area contributed by atoms with Crippen molar-refractivity contribution in [3.05, 3.63) is 5.82 Å². The minimum absolute atomic E-state index is 0.166. The molecule has 1 saturated carbocycles. The zero-order chi connectivity index (χ0) is 16.9. The summed E-state index contributed by atoms with van der Waals surface area (Å²) in [5, 5.41) is 9.24. The summed E-state index contributed by atoms with van der Waals surface area (Å²) in [6, 6.07) is 0. The van der Waals surface area contributed by atoms with Crippen LogP contribution in [-0.2, 0) is 16.1 Å². The van der Waals surface area contributed by atoms with Crippen LogP contribution in [0.2, 0.25) is 0 Å². The zero-order valence-electron chi connectivity index (χ0n) is 13.9. The molecule has 1 aromatic rings. The van der Waals surface area contributed by atoms with Crippen LogP contribution >= 0.6 is 11.8 Å². The molecule has 3 rings (SSSR count). The third-order valence-electron chi connectivity index (χ3n) is 4.55. The fourth-order valence-electron chi connectivity index (χ4n) is 3.02. The fourth-order valence-corrected chi connectivity index (χ4v) is 3.89. The highest BCUT2D eigenvalue weighted by molar-refractivity contribution is 7.99. The first-order valence-electron chi connectivity index (χ1n) is 8.77. The molecule has 8 heteroatoms. The van der Waals surface area contributed by atoms with E-state index >= 15 is 0 Å². The Balaban J connectivity index is 1.61. The number of primary amides is 1. The van der Waals surface area contributed by atoms with Crippen molar-refractivity contribution in [2.75, 3.05) is 18.8 Å². The molecular formula is C16H25N5O2S. The van der Waals surface area contributed by atoms with Crippen LogP contribution in [0.15, 0.2) is 5.16 Å². The molecule has 2 heterocycles. The number of aromatic nitrogens is 3. The maximum Gasteiger partial charge on any atom is 0.233 e. The predicted octanol–water partition coefficient (Wildman–Crippen LogP) is 1.53. The lowest BCUT2D eigenvalue weighted by Crippen LogP contribution is -2.33. The van der Waals surface area contributed by atoms with Crippen LogP contribution in [0.5, 0.6) is 0 Å². The molecule has 0 bridgehead atoms. The minimum Gasteiger partial charge on any atom is -0.370 e. The summed E-state index contributed by atoms with van der Waals surface area (Å²) in [7, 11) is 0. The van der Waals surface area contributed by atoms with E-state index in [0.717, 1.165) is 49.8 Å². The highest BCUT2D eigenvalue weighted by Gasteiger charge is 2.30. The molecule has 7 nitrogen and oxygen atoms in total. The van der Waals surface area contributed by atoms with E-state index in [1.807, 2.05) is 9.47 Å². The molecule has 0 aromatic carbocycles. The van der Waals surface area contributed by atoms with Gasteiger partial charge in [-0.15, -0.1) is 10.2 Å². The summed E-state index contributed by atoms with van der Waals surface area (Å²) >= 11 is 1.42. The molecular weight excluding hydrogens is 326 g/mol. The van der Waals surface area contributed by atoms with Crippen molar-refractivity contribution in [3.8, 4) is 0 Å². The number of hydrogen-bond acceptors (Lipinski definition) is 5. The summed E-state index contributed by atoms with van der Waals surface area (Å²) < 4.78 is 1.97. The van der Waals surface area contributed by atoms with E-state index in [4.69, 9.17) is 5.73 Å². The van der Waals surface area contributed by atoms with Crippen LogP contribution in [0.25, 0.3) is 0 Å². The standard InChI is InChI=1S/C16H25N5O2S/c17-13(22)7-10-21-15(12-5-6-12)18-19-16(21)24-11-14(23)20-8-3-1-2-4-9-20/h12H,1-11H2,(H2,17,22). The molecule has 2 amide bonds. The van der Waals surface area contributed by atoms with Crippen LogP contribution in [0.4, 0.5) is 0 Å². The van der Waals surface area contributed by atoms with E-state index in [2.05, 4.69) is 10.2 Å². The van der Waals surface area contributed by atoms with Gasteiger partial charge < -0.3 is 15.2 Å². The number of thioether (sulfide) groups is 1. The van der Waals surface area contributed by atoms with E-state index in [1.54, 1.807) is 0 Å². The third kappa shape index (κ3) is 4.49. The van der Waals surface area contributed by atoms with Gasteiger partial charge in [-0.05, 0) is 25.7 Å². The summed E-state index contributed by atoms with van der Waals surface area (Å²) in [6.45, 7) is 2.22. The Hall–Kier alpha value is -1.57. The van der Waals surface area contributed by atoms with Gasteiger partial charge in [0.1, 0.15) is 5.82 Å². The molecule has 1 saturated heterocycles. The minimum atomic E-state index is -0.331. The summed E-state index contributed by atoms with van der Waals surface area (Å²) in [5.74, 6) is 1.59. The number of nitrogens with zero attached hydrogens (tertiary/aromatic N) is 4. The lowest BCUT2D eigenvalue weighted by Gasteiger charge is -2.19. The molecule has 0 atom stereocenters. The number of hydrogen-bond donors (Lipinski definition) is 1. The number of carbonyl (C=O) groups excluding carboxylic acids is 2.